The molecule has 110 valence electrons. The number of piperidine rings is 1. The standard InChI is InChI=1S/C16H26N4/c1-2-10-19(11-3-1)14-16(15-4-6-17-7-5-15)20-12-8-18-9-13-20/h4-7,16,18H,1-3,8-14H2. The van der Waals surface area contributed by atoms with Gasteiger partial charge in [-0.1, -0.05) is 6.42 Å². The van der Waals surface area contributed by atoms with E-state index in [-0.39, 0.29) is 0 Å². The third-order valence-electron chi connectivity index (χ3n) is 4.56. The van der Waals surface area contributed by atoms with E-state index in [1.54, 1.807) is 0 Å². The van der Waals surface area contributed by atoms with Gasteiger partial charge in [-0.05, 0) is 43.6 Å². The second-order valence-corrected chi connectivity index (χ2v) is 5.94. The Hall–Kier alpha value is -0.970. The van der Waals surface area contributed by atoms with Gasteiger partial charge in [0.15, 0.2) is 0 Å². The van der Waals surface area contributed by atoms with Crippen molar-refractivity contribution >= 4 is 0 Å². The van der Waals surface area contributed by atoms with Crippen molar-refractivity contribution in [3.8, 4) is 0 Å². The number of piperazine rings is 1. The number of rotatable bonds is 4. The van der Waals surface area contributed by atoms with Crippen molar-refractivity contribution < 1.29 is 0 Å². The van der Waals surface area contributed by atoms with Gasteiger partial charge in [-0.3, -0.25) is 9.88 Å². The monoisotopic (exact) mass is 274 g/mol. The van der Waals surface area contributed by atoms with Gasteiger partial charge in [0.1, 0.15) is 0 Å². The predicted molar refractivity (Wildman–Crippen MR) is 81.7 cm³/mol. The van der Waals surface area contributed by atoms with Gasteiger partial charge in [0.25, 0.3) is 0 Å². The van der Waals surface area contributed by atoms with Gasteiger partial charge in [-0.25, -0.2) is 0 Å². The van der Waals surface area contributed by atoms with E-state index in [0.29, 0.717) is 6.04 Å². The fourth-order valence-electron chi connectivity index (χ4n) is 3.40. The molecule has 1 atom stereocenters. The van der Waals surface area contributed by atoms with Crippen molar-refractivity contribution in [1.29, 1.82) is 0 Å². The first kappa shape index (κ1) is 14.0. The summed E-state index contributed by atoms with van der Waals surface area (Å²) < 4.78 is 0. The van der Waals surface area contributed by atoms with Gasteiger partial charge in [-0.2, -0.15) is 0 Å². The van der Waals surface area contributed by atoms with Crippen molar-refractivity contribution in [2.45, 2.75) is 25.3 Å². The highest BCUT2D eigenvalue weighted by Crippen LogP contribution is 2.23. The molecule has 20 heavy (non-hydrogen) atoms. The average molecular weight is 274 g/mol. The van der Waals surface area contributed by atoms with Crippen molar-refractivity contribution in [2.75, 3.05) is 45.8 Å². The summed E-state index contributed by atoms with van der Waals surface area (Å²) in [6.45, 7) is 8.25. The second kappa shape index (κ2) is 7.16. The van der Waals surface area contributed by atoms with Gasteiger partial charge >= 0.3 is 0 Å². The van der Waals surface area contributed by atoms with Crippen LogP contribution in [0, 0.1) is 0 Å². The maximum Gasteiger partial charge on any atom is 0.0477 e. The van der Waals surface area contributed by atoms with Gasteiger partial charge < -0.3 is 10.2 Å². The van der Waals surface area contributed by atoms with Crippen LogP contribution in [0.2, 0.25) is 0 Å². The second-order valence-electron chi connectivity index (χ2n) is 5.94. The molecule has 2 saturated heterocycles. The Kier molecular flexibility index (Phi) is 5.01. The summed E-state index contributed by atoms with van der Waals surface area (Å²) >= 11 is 0. The zero-order valence-electron chi connectivity index (χ0n) is 12.3. The topological polar surface area (TPSA) is 31.4 Å². The maximum absolute atomic E-state index is 4.18. The fraction of sp³-hybridized carbons (Fsp3) is 0.688. The lowest BCUT2D eigenvalue weighted by Gasteiger charge is -2.39. The molecule has 0 amide bonds. The molecule has 1 N–H and O–H groups in total. The highest BCUT2D eigenvalue weighted by Gasteiger charge is 2.25. The molecule has 0 bridgehead atoms. The van der Waals surface area contributed by atoms with E-state index in [2.05, 4.69) is 32.2 Å². The molecule has 3 heterocycles. The number of nitrogens with zero attached hydrogens (tertiary/aromatic N) is 3. The van der Waals surface area contributed by atoms with Crippen LogP contribution in [0.4, 0.5) is 0 Å². The largest absolute Gasteiger partial charge is 0.314 e. The first-order chi connectivity index (χ1) is 9.93. The van der Waals surface area contributed by atoms with Crippen LogP contribution in [0.15, 0.2) is 24.5 Å². The van der Waals surface area contributed by atoms with Crippen LogP contribution >= 0.6 is 0 Å². The summed E-state index contributed by atoms with van der Waals surface area (Å²) in [7, 11) is 0. The SMILES string of the molecule is c1cc(C(CN2CCCCC2)N2CCNCC2)ccn1. The quantitative estimate of drug-likeness (QED) is 0.902. The minimum Gasteiger partial charge on any atom is -0.314 e. The molecular formula is C16H26N4. The number of hydrogen-bond acceptors (Lipinski definition) is 4. The Morgan fingerprint density at radius 1 is 1.00 bits per heavy atom. The molecule has 2 fully saturated rings. The van der Waals surface area contributed by atoms with Gasteiger partial charge in [0.2, 0.25) is 0 Å². The zero-order chi connectivity index (χ0) is 13.6. The van der Waals surface area contributed by atoms with E-state index >= 15 is 0 Å². The third kappa shape index (κ3) is 3.57. The number of likely N-dealkylation sites (tertiary alicyclic amines) is 1. The molecular weight excluding hydrogens is 248 g/mol. The summed E-state index contributed by atoms with van der Waals surface area (Å²) in [6.07, 6.45) is 8.00. The van der Waals surface area contributed by atoms with Crippen LogP contribution in [0.25, 0.3) is 0 Å². The van der Waals surface area contributed by atoms with Gasteiger partial charge in [-0.15, -0.1) is 0 Å². The van der Waals surface area contributed by atoms with Gasteiger partial charge in [0, 0.05) is 51.2 Å². The van der Waals surface area contributed by atoms with Gasteiger partial charge in [0.05, 0.1) is 0 Å². The Bertz CT molecular complexity index is 383. The number of nitrogens with one attached hydrogen (secondary N) is 1. The van der Waals surface area contributed by atoms with E-state index in [0.717, 1.165) is 26.2 Å². The van der Waals surface area contributed by atoms with Crippen LogP contribution in [-0.4, -0.2) is 60.6 Å². The molecule has 1 unspecified atom stereocenters. The smallest absolute Gasteiger partial charge is 0.0477 e. The van der Waals surface area contributed by atoms with Crippen LogP contribution < -0.4 is 5.32 Å². The Morgan fingerprint density at radius 3 is 2.40 bits per heavy atom. The molecule has 3 rings (SSSR count). The third-order valence-corrected chi connectivity index (χ3v) is 4.56. The normalized spacial score (nSPS) is 23.6. The first-order valence-electron chi connectivity index (χ1n) is 8.00. The molecule has 0 radical (unpaired) electrons. The minimum absolute atomic E-state index is 0.526. The van der Waals surface area contributed by atoms with E-state index in [9.17, 15) is 0 Å². The summed E-state index contributed by atoms with van der Waals surface area (Å²) in [6, 6.07) is 4.91. The molecule has 2 aliphatic rings. The molecule has 4 heteroatoms. The summed E-state index contributed by atoms with van der Waals surface area (Å²) in [5, 5.41) is 3.46. The van der Waals surface area contributed by atoms with Crippen LogP contribution in [0.1, 0.15) is 30.9 Å². The Labute approximate surface area is 122 Å². The van der Waals surface area contributed by atoms with Crippen LogP contribution in [-0.2, 0) is 0 Å². The van der Waals surface area contributed by atoms with Crippen molar-refractivity contribution in [3.05, 3.63) is 30.1 Å². The predicted octanol–water partition coefficient (Wildman–Crippen LogP) is 1.51. The maximum atomic E-state index is 4.18. The molecule has 0 spiro atoms. The molecule has 0 aliphatic carbocycles. The zero-order valence-corrected chi connectivity index (χ0v) is 12.3. The lowest BCUT2D eigenvalue weighted by molar-refractivity contribution is 0.114. The van der Waals surface area contributed by atoms with Crippen LogP contribution in [0.5, 0.6) is 0 Å². The summed E-state index contributed by atoms with van der Waals surface area (Å²) in [5.41, 5.74) is 1.42. The highest BCUT2D eigenvalue weighted by molar-refractivity contribution is 5.16. The van der Waals surface area contributed by atoms with E-state index in [1.165, 1.54) is 44.5 Å². The Morgan fingerprint density at radius 2 is 1.70 bits per heavy atom. The highest BCUT2D eigenvalue weighted by atomic mass is 15.2. The van der Waals surface area contributed by atoms with E-state index in [4.69, 9.17) is 0 Å². The van der Waals surface area contributed by atoms with Crippen molar-refractivity contribution in [3.63, 3.8) is 0 Å². The van der Waals surface area contributed by atoms with Crippen molar-refractivity contribution in [1.82, 2.24) is 20.1 Å². The molecule has 2 aliphatic heterocycles. The van der Waals surface area contributed by atoms with E-state index in [1.807, 2.05) is 12.4 Å². The molecule has 4 nitrogen and oxygen atoms in total. The first-order valence-corrected chi connectivity index (χ1v) is 8.00. The number of aromatic nitrogens is 1. The van der Waals surface area contributed by atoms with Crippen LogP contribution in [0.3, 0.4) is 0 Å². The summed E-state index contributed by atoms with van der Waals surface area (Å²) in [5.74, 6) is 0. The van der Waals surface area contributed by atoms with Crippen molar-refractivity contribution in [2.24, 2.45) is 0 Å². The average Bonchev–Trinajstić information content (AvgIpc) is 2.55. The molecule has 0 aromatic carbocycles. The summed E-state index contributed by atoms with van der Waals surface area (Å²) in [4.78, 5) is 9.46. The molecule has 0 saturated carbocycles. The number of pyridine rings is 1. The Balaban J connectivity index is 1.72. The number of hydrogen-bond donors (Lipinski definition) is 1. The van der Waals surface area contributed by atoms with E-state index < -0.39 is 0 Å². The lowest BCUT2D eigenvalue weighted by Crippen LogP contribution is -2.48. The lowest BCUT2D eigenvalue weighted by atomic mass is 10.0. The minimum atomic E-state index is 0.526. The molecule has 1 aromatic heterocycles. The molecule has 1 aromatic rings. The fourth-order valence-corrected chi connectivity index (χ4v) is 3.40.